The minimum atomic E-state index is -0.815. The zero-order chi connectivity index (χ0) is 19.0. The first-order valence-electron chi connectivity index (χ1n) is 9.65. The van der Waals surface area contributed by atoms with Gasteiger partial charge < -0.3 is 11.1 Å². The third kappa shape index (κ3) is 6.45. The minimum absolute atomic E-state index is 0.125. The van der Waals surface area contributed by atoms with Crippen LogP contribution >= 0.6 is 0 Å². The van der Waals surface area contributed by atoms with Crippen molar-refractivity contribution in [2.75, 3.05) is 19.6 Å². The van der Waals surface area contributed by atoms with E-state index >= 15 is 0 Å². The summed E-state index contributed by atoms with van der Waals surface area (Å²) in [6, 6.07) is 2.31. The maximum absolute atomic E-state index is 12.3. The molecule has 0 aromatic carbocycles. The molecule has 0 aromatic heterocycles. The molecule has 0 spiro atoms. The molecular formula is C20H31N4O2. The van der Waals surface area contributed by atoms with Crippen LogP contribution in [0.3, 0.4) is 0 Å². The van der Waals surface area contributed by atoms with Crippen LogP contribution in [0.1, 0.15) is 58.3 Å². The molecule has 2 fully saturated rings. The number of primary amides is 1. The molecule has 1 saturated heterocycles. The average Bonchev–Trinajstić information content (AvgIpc) is 3.02. The van der Waals surface area contributed by atoms with E-state index in [0.717, 1.165) is 18.5 Å². The molecule has 1 atom stereocenters. The van der Waals surface area contributed by atoms with Gasteiger partial charge >= 0.3 is 0 Å². The molecule has 1 aliphatic heterocycles. The summed E-state index contributed by atoms with van der Waals surface area (Å²) in [5.74, 6) is 0.142. The van der Waals surface area contributed by atoms with Crippen LogP contribution in [0.5, 0.6) is 0 Å². The van der Waals surface area contributed by atoms with Crippen LogP contribution in [0.2, 0.25) is 0 Å². The molecule has 143 valence electrons. The van der Waals surface area contributed by atoms with E-state index in [0.29, 0.717) is 25.4 Å². The lowest BCUT2D eigenvalue weighted by Crippen LogP contribution is -2.49. The number of hydrogen-bond donors (Lipinski definition) is 2. The highest BCUT2D eigenvalue weighted by Gasteiger charge is 2.39. The standard InChI is InChI=1S/C20H31N4O2/c1-16(7-9-18(22)25)13-24-12-11-20(14-21,15-24)23-19(26)10-8-17-5-3-2-4-6-17/h7,10,17H,2-6,8-9,11-13,15H2,1H3,(H2,22,25)(H,23,26). The first-order valence-corrected chi connectivity index (χ1v) is 9.65. The molecule has 1 heterocycles. The fraction of sp³-hybridized carbons (Fsp3) is 0.700. The van der Waals surface area contributed by atoms with Crippen LogP contribution in [-0.4, -0.2) is 41.9 Å². The van der Waals surface area contributed by atoms with Gasteiger partial charge in [0.2, 0.25) is 11.8 Å². The predicted octanol–water partition coefficient (Wildman–Crippen LogP) is 2.07. The largest absolute Gasteiger partial charge is 0.369 e. The van der Waals surface area contributed by atoms with E-state index in [2.05, 4.69) is 16.3 Å². The van der Waals surface area contributed by atoms with E-state index in [-0.39, 0.29) is 18.2 Å². The first-order chi connectivity index (χ1) is 12.4. The van der Waals surface area contributed by atoms with Crippen LogP contribution in [0.4, 0.5) is 0 Å². The van der Waals surface area contributed by atoms with Crippen LogP contribution in [0, 0.1) is 23.7 Å². The molecule has 1 unspecified atom stereocenters. The van der Waals surface area contributed by atoms with Gasteiger partial charge in [-0.1, -0.05) is 43.8 Å². The summed E-state index contributed by atoms with van der Waals surface area (Å²) < 4.78 is 0. The number of hydrogen-bond acceptors (Lipinski definition) is 4. The lowest BCUT2D eigenvalue weighted by Gasteiger charge is -2.25. The van der Waals surface area contributed by atoms with Gasteiger partial charge in [-0.3, -0.25) is 14.5 Å². The number of nitriles is 1. The van der Waals surface area contributed by atoms with E-state index in [9.17, 15) is 14.9 Å². The monoisotopic (exact) mass is 359 g/mol. The predicted molar refractivity (Wildman–Crippen MR) is 101 cm³/mol. The molecule has 2 rings (SSSR count). The molecule has 1 radical (unpaired) electrons. The van der Waals surface area contributed by atoms with Crippen molar-refractivity contribution in [1.29, 1.82) is 5.26 Å². The molecule has 6 nitrogen and oxygen atoms in total. The van der Waals surface area contributed by atoms with Crippen molar-refractivity contribution in [2.24, 2.45) is 11.7 Å². The third-order valence-corrected chi connectivity index (χ3v) is 5.41. The zero-order valence-electron chi connectivity index (χ0n) is 15.8. The Bertz CT molecular complexity index is 575. The second-order valence-corrected chi connectivity index (χ2v) is 7.81. The second kappa shape index (κ2) is 9.72. The summed E-state index contributed by atoms with van der Waals surface area (Å²) in [6.45, 7) is 3.89. The highest BCUT2D eigenvalue weighted by atomic mass is 16.2. The number of amides is 2. The molecule has 3 N–H and O–H groups in total. The number of nitrogens with one attached hydrogen (secondary N) is 1. The Balaban J connectivity index is 1.79. The van der Waals surface area contributed by atoms with E-state index < -0.39 is 5.54 Å². The SMILES string of the molecule is CC(=CCC(N)=O)CN1CCC(C#N)(NC(=O)[CH]CC2CCCCC2)C1. The molecule has 0 bridgehead atoms. The van der Waals surface area contributed by atoms with Crippen molar-refractivity contribution >= 4 is 11.8 Å². The molecule has 1 saturated carbocycles. The van der Waals surface area contributed by atoms with Gasteiger partial charge in [0.25, 0.3) is 0 Å². The molecule has 2 amide bonds. The topological polar surface area (TPSA) is 99.2 Å². The first kappa shape index (κ1) is 20.4. The van der Waals surface area contributed by atoms with Gasteiger partial charge in [0.1, 0.15) is 5.54 Å². The fourth-order valence-electron chi connectivity index (χ4n) is 3.92. The summed E-state index contributed by atoms with van der Waals surface area (Å²) in [7, 11) is 0. The highest BCUT2D eigenvalue weighted by Crippen LogP contribution is 2.27. The van der Waals surface area contributed by atoms with Crippen LogP contribution in [-0.2, 0) is 9.59 Å². The summed E-state index contributed by atoms with van der Waals surface area (Å²) >= 11 is 0. The van der Waals surface area contributed by atoms with Crippen molar-refractivity contribution in [3.8, 4) is 6.07 Å². The average molecular weight is 359 g/mol. The van der Waals surface area contributed by atoms with Gasteiger partial charge in [-0.25, -0.2) is 0 Å². The smallest absolute Gasteiger partial charge is 0.225 e. The van der Waals surface area contributed by atoms with Crippen molar-refractivity contribution in [1.82, 2.24) is 10.2 Å². The van der Waals surface area contributed by atoms with Gasteiger partial charge in [-0.2, -0.15) is 5.26 Å². The minimum Gasteiger partial charge on any atom is -0.369 e. The Labute approximate surface area is 156 Å². The molecule has 1 aliphatic carbocycles. The van der Waals surface area contributed by atoms with Crippen LogP contribution < -0.4 is 11.1 Å². The quantitative estimate of drug-likeness (QED) is 0.648. The van der Waals surface area contributed by atoms with Crippen molar-refractivity contribution < 1.29 is 9.59 Å². The fourth-order valence-corrected chi connectivity index (χ4v) is 3.92. The summed E-state index contributed by atoms with van der Waals surface area (Å²) in [5.41, 5.74) is 5.39. The Kier molecular flexibility index (Phi) is 7.65. The second-order valence-electron chi connectivity index (χ2n) is 7.81. The lowest BCUT2D eigenvalue weighted by molar-refractivity contribution is -0.119. The molecule has 6 heteroatoms. The Morgan fingerprint density at radius 3 is 2.73 bits per heavy atom. The van der Waals surface area contributed by atoms with E-state index in [1.807, 2.05) is 13.0 Å². The third-order valence-electron chi connectivity index (χ3n) is 5.41. The summed E-state index contributed by atoms with van der Waals surface area (Å²) in [4.78, 5) is 25.3. The van der Waals surface area contributed by atoms with E-state index in [4.69, 9.17) is 5.73 Å². The Hall–Kier alpha value is -1.87. The highest BCUT2D eigenvalue weighted by molar-refractivity contribution is 5.85. The van der Waals surface area contributed by atoms with E-state index in [1.165, 1.54) is 32.1 Å². The van der Waals surface area contributed by atoms with Crippen molar-refractivity contribution in [3.63, 3.8) is 0 Å². The summed E-state index contributed by atoms with van der Waals surface area (Å²) in [6.07, 6.45) is 11.5. The van der Waals surface area contributed by atoms with Gasteiger partial charge in [-0.15, -0.1) is 0 Å². The van der Waals surface area contributed by atoms with Crippen LogP contribution in [0.15, 0.2) is 11.6 Å². The number of nitrogens with zero attached hydrogens (tertiary/aromatic N) is 2. The number of likely N-dealkylation sites (tertiary alicyclic amines) is 1. The molecule has 2 aliphatic rings. The zero-order valence-corrected chi connectivity index (χ0v) is 15.8. The van der Waals surface area contributed by atoms with Crippen molar-refractivity contribution in [3.05, 3.63) is 18.1 Å². The van der Waals surface area contributed by atoms with Gasteiger partial charge in [0.15, 0.2) is 0 Å². The van der Waals surface area contributed by atoms with Crippen molar-refractivity contribution in [2.45, 2.75) is 63.8 Å². The molecular weight excluding hydrogens is 328 g/mol. The lowest BCUT2D eigenvalue weighted by atomic mass is 9.86. The van der Waals surface area contributed by atoms with Gasteiger partial charge in [0, 0.05) is 32.5 Å². The normalized spacial score (nSPS) is 25.0. The summed E-state index contributed by atoms with van der Waals surface area (Å²) in [5, 5.41) is 12.6. The number of nitrogens with two attached hydrogens (primary N) is 1. The number of carbonyl (C=O) groups excluding carboxylic acids is 2. The Morgan fingerprint density at radius 1 is 1.35 bits per heavy atom. The number of rotatable bonds is 8. The number of carbonyl (C=O) groups is 2. The van der Waals surface area contributed by atoms with E-state index in [1.54, 1.807) is 6.42 Å². The maximum atomic E-state index is 12.3. The molecule has 26 heavy (non-hydrogen) atoms. The van der Waals surface area contributed by atoms with Gasteiger partial charge in [-0.05, 0) is 25.7 Å². The maximum Gasteiger partial charge on any atom is 0.225 e. The Morgan fingerprint density at radius 2 is 2.08 bits per heavy atom. The van der Waals surface area contributed by atoms with Gasteiger partial charge in [0.05, 0.1) is 6.07 Å². The molecule has 0 aromatic rings. The van der Waals surface area contributed by atoms with Crippen LogP contribution in [0.25, 0.3) is 0 Å².